The van der Waals surface area contributed by atoms with Crippen molar-refractivity contribution in [2.45, 2.75) is 13.3 Å². The third-order valence-corrected chi connectivity index (χ3v) is 4.76. The van der Waals surface area contributed by atoms with Crippen molar-refractivity contribution in [3.63, 3.8) is 0 Å². The van der Waals surface area contributed by atoms with Crippen LogP contribution in [0, 0.1) is 5.41 Å². The number of hydrogen-bond donors (Lipinski definition) is 6. The highest BCUT2D eigenvalue weighted by Crippen LogP contribution is 2.25. The number of nitrogens with one attached hydrogen (secondary N) is 3. The number of nitrogens with zero attached hydrogens (tertiary/aromatic N) is 4. The molecule has 0 aliphatic heterocycles. The number of amides is 1. The number of aliphatic imine (C=N–C) groups is 1. The van der Waals surface area contributed by atoms with E-state index in [0.717, 1.165) is 11.8 Å². The predicted octanol–water partition coefficient (Wildman–Crippen LogP) is 1.78. The highest BCUT2D eigenvalue weighted by atomic mass is 16.3. The van der Waals surface area contributed by atoms with Gasteiger partial charge in [-0.1, -0.05) is 30.3 Å². The summed E-state index contributed by atoms with van der Waals surface area (Å²) in [5.74, 6) is -0.703. The minimum atomic E-state index is -0.734. The van der Waals surface area contributed by atoms with Crippen LogP contribution in [0.5, 0.6) is 0 Å². The van der Waals surface area contributed by atoms with Crippen LogP contribution in [0.15, 0.2) is 52.8 Å². The van der Waals surface area contributed by atoms with Crippen molar-refractivity contribution in [3.05, 3.63) is 70.5 Å². The molecular weight excluding hydrogens is 422 g/mol. The van der Waals surface area contributed by atoms with Crippen molar-refractivity contribution in [1.82, 2.24) is 20.2 Å². The fraction of sp³-hybridized carbons (Fsp3) is 0.182. The molecule has 0 saturated heterocycles. The molecule has 3 aromatic rings. The van der Waals surface area contributed by atoms with Gasteiger partial charge in [0, 0.05) is 36.8 Å². The van der Waals surface area contributed by atoms with Crippen molar-refractivity contribution in [2.75, 3.05) is 18.9 Å². The lowest BCUT2D eigenvalue weighted by molar-refractivity contribution is 0.0995. The SMILES string of the molecule is CNc1cc(C(N)=O)nc(-c2n[nH]c(C(=NCCc3ccccc3)/C(O)=C(/C)N)n2)c1C=N. The van der Waals surface area contributed by atoms with Crippen molar-refractivity contribution >= 4 is 23.5 Å². The second-order valence-corrected chi connectivity index (χ2v) is 7.08. The number of nitrogens with two attached hydrogens (primary N) is 2. The Morgan fingerprint density at radius 3 is 2.61 bits per heavy atom. The molecule has 0 saturated carbocycles. The van der Waals surface area contributed by atoms with Gasteiger partial charge in [0.25, 0.3) is 5.91 Å². The molecule has 0 unspecified atom stereocenters. The van der Waals surface area contributed by atoms with Crippen LogP contribution in [-0.2, 0) is 6.42 Å². The summed E-state index contributed by atoms with van der Waals surface area (Å²) < 4.78 is 0. The van der Waals surface area contributed by atoms with Crippen molar-refractivity contribution < 1.29 is 9.90 Å². The van der Waals surface area contributed by atoms with Gasteiger partial charge in [0.2, 0.25) is 5.82 Å². The van der Waals surface area contributed by atoms with Crippen LogP contribution in [0.3, 0.4) is 0 Å². The van der Waals surface area contributed by atoms with Gasteiger partial charge in [-0.15, -0.1) is 0 Å². The Morgan fingerprint density at radius 1 is 1.27 bits per heavy atom. The molecule has 0 radical (unpaired) electrons. The molecule has 0 spiro atoms. The molecule has 11 heteroatoms. The monoisotopic (exact) mass is 447 g/mol. The number of aliphatic hydroxyl groups excluding tert-OH is 1. The van der Waals surface area contributed by atoms with E-state index < -0.39 is 5.91 Å². The number of aromatic nitrogens is 4. The van der Waals surface area contributed by atoms with Crippen LogP contribution in [0.25, 0.3) is 11.5 Å². The molecule has 0 bridgehead atoms. The largest absolute Gasteiger partial charge is 0.504 e. The number of aliphatic hydroxyl groups is 1. The van der Waals surface area contributed by atoms with Crippen LogP contribution in [0.1, 0.15) is 34.4 Å². The molecule has 2 heterocycles. The molecule has 170 valence electrons. The van der Waals surface area contributed by atoms with Crippen molar-refractivity contribution in [1.29, 1.82) is 5.41 Å². The summed E-state index contributed by atoms with van der Waals surface area (Å²) in [5.41, 5.74) is 13.6. The van der Waals surface area contributed by atoms with Gasteiger partial charge in [0.05, 0.1) is 0 Å². The molecule has 1 aromatic carbocycles. The quantitative estimate of drug-likeness (QED) is 0.212. The number of carbonyl (C=O) groups excluding carboxylic acids is 1. The molecule has 8 N–H and O–H groups in total. The summed E-state index contributed by atoms with van der Waals surface area (Å²) in [6.07, 6.45) is 1.72. The smallest absolute Gasteiger partial charge is 0.267 e. The zero-order chi connectivity index (χ0) is 24.0. The summed E-state index contributed by atoms with van der Waals surface area (Å²) in [6, 6.07) is 11.2. The van der Waals surface area contributed by atoms with E-state index in [-0.39, 0.29) is 40.2 Å². The molecular formula is C22H25N9O2. The summed E-state index contributed by atoms with van der Waals surface area (Å²) >= 11 is 0. The van der Waals surface area contributed by atoms with Gasteiger partial charge >= 0.3 is 0 Å². The average molecular weight is 448 g/mol. The zero-order valence-electron chi connectivity index (χ0n) is 18.3. The Labute approximate surface area is 190 Å². The number of pyridine rings is 1. The zero-order valence-corrected chi connectivity index (χ0v) is 18.3. The number of hydrogen-bond acceptors (Lipinski definition) is 9. The standard InChI is InChI=1S/C22H25N9O2/c1-12(24)19(32)18(27-9-8-13-6-4-3-5-7-13)22-29-21(30-31-22)17-14(11-23)15(26-2)10-16(28-17)20(25)33/h3-7,10-11,23,32H,8-9,24H2,1-2H3,(H2,25,33)(H,26,28)(H,29,30,31)/b19-12+,23-11?,27-18?. The van der Waals surface area contributed by atoms with Crippen LogP contribution < -0.4 is 16.8 Å². The number of rotatable bonds is 9. The predicted molar refractivity (Wildman–Crippen MR) is 127 cm³/mol. The fourth-order valence-corrected chi connectivity index (χ4v) is 3.07. The number of allylic oxidation sites excluding steroid dienone is 2. The third-order valence-electron chi connectivity index (χ3n) is 4.76. The van der Waals surface area contributed by atoms with Crippen molar-refractivity contribution in [3.8, 4) is 11.5 Å². The fourth-order valence-electron chi connectivity index (χ4n) is 3.07. The maximum Gasteiger partial charge on any atom is 0.267 e. The number of H-pyrrole nitrogens is 1. The lowest BCUT2D eigenvalue weighted by Gasteiger charge is -2.10. The van der Waals surface area contributed by atoms with Gasteiger partial charge in [-0.3, -0.25) is 14.9 Å². The van der Waals surface area contributed by atoms with E-state index in [2.05, 4.69) is 30.5 Å². The normalized spacial score (nSPS) is 12.2. The van der Waals surface area contributed by atoms with Gasteiger partial charge < -0.3 is 27.3 Å². The summed E-state index contributed by atoms with van der Waals surface area (Å²) in [5, 5.41) is 28.1. The highest BCUT2D eigenvalue weighted by molar-refractivity contribution is 6.09. The molecule has 0 aliphatic carbocycles. The van der Waals surface area contributed by atoms with Gasteiger partial charge in [0.1, 0.15) is 17.1 Å². The molecule has 33 heavy (non-hydrogen) atoms. The van der Waals surface area contributed by atoms with E-state index in [1.54, 1.807) is 14.0 Å². The molecule has 3 rings (SSSR count). The Bertz CT molecular complexity index is 1230. The van der Waals surface area contributed by atoms with E-state index in [1.807, 2.05) is 30.3 Å². The highest BCUT2D eigenvalue weighted by Gasteiger charge is 2.21. The van der Waals surface area contributed by atoms with E-state index >= 15 is 0 Å². The summed E-state index contributed by atoms with van der Waals surface area (Å²) in [7, 11) is 1.64. The maximum absolute atomic E-state index is 11.7. The lowest BCUT2D eigenvalue weighted by atomic mass is 10.1. The van der Waals surface area contributed by atoms with Gasteiger partial charge in [0.15, 0.2) is 11.6 Å². The average Bonchev–Trinajstić information content (AvgIpc) is 3.30. The first kappa shape index (κ1) is 23.1. The number of anilines is 1. The number of carbonyl (C=O) groups is 1. The summed E-state index contributed by atoms with van der Waals surface area (Å²) in [4.78, 5) is 24.8. The molecule has 0 fully saturated rings. The second-order valence-electron chi connectivity index (χ2n) is 7.08. The summed E-state index contributed by atoms with van der Waals surface area (Å²) in [6.45, 7) is 1.92. The molecule has 0 aliphatic rings. The Hall–Kier alpha value is -4.54. The lowest BCUT2D eigenvalue weighted by Crippen LogP contribution is -2.15. The topological polar surface area (TPSA) is 192 Å². The molecule has 2 aromatic heterocycles. The van der Waals surface area contributed by atoms with Crippen LogP contribution in [0.4, 0.5) is 5.69 Å². The first-order valence-corrected chi connectivity index (χ1v) is 10.1. The Balaban J connectivity index is 2.03. The number of primary amides is 1. The van der Waals surface area contributed by atoms with Crippen LogP contribution in [0.2, 0.25) is 0 Å². The minimum Gasteiger partial charge on any atom is -0.504 e. The molecule has 1 amide bonds. The third kappa shape index (κ3) is 5.21. The maximum atomic E-state index is 11.7. The van der Waals surface area contributed by atoms with Crippen molar-refractivity contribution in [2.24, 2.45) is 16.5 Å². The first-order chi connectivity index (χ1) is 15.8. The van der Waals surface area contributed by atoms with Crippen LogP contribution in [-0.4, -0.2) is 56.7 Å². The van der Waals surface area contributed by atoms with Gasteiger partial charge in [-0.2, -0.15) is 5.10 Å². The van der Waals surface area contributed by atoms with E-state index in [0.29, 0.717) is 24.2 Å². The van der Waals surface area contributed by atoms with Gasteiger partial charge in [-0.25, -0.2) is 9.97 Å². The van der Waals surface area contributed by atoms with Crippen LogP contribution >= 0.6 is 0 Å². The Kier molecular flexibility index (Phi) is 7.13. The number of benzene rings is 1. The van der Waals surface area contributed by atoms with Gasteiger partial charge in [-0.05, 0) is 25.0 Å². The van der Waals surface area contributed by atoms with E-state index in [4.69, 9.17) is 16.9 Å². The Morgan fingerprint density at radius 2 is 2.00 bits per heavy atom. The van der Waals surface area contributed by atoms with E-state index in [1.165, 1.54) is 6.07 Å². The molecule has 0 atom stereocenters. The molecule has 11 nitrogen and oxygen atoms in total. The van der Waals surface area contributed by atoms with E-state index in [9.17, 15) is 9.90 Å². The first-order valence-electron chi connectivity index (χ1n) is 10.1. The minimum absolute atomic E-state index is 0.0106. The second kappa shape index (κ2) is 10.2. The number of aromatic amines is 1.